The highest BCUT2D eigenvalue weighted by molar-refractivity contribution is 6.22. The molecule has 8 nitrogen and oxygen atoms in total. The van der Waals surface area contributed by atoms with Crippen molar-refractivity contribution in [2.24, 2.45) is 11.7 Å². The van der Waals surface area contributed by atoms with Crippen LogP contribution in [0.4, 0.5) is 4.39 Å². The Morgan fingerprint density at radius 3 is 2.61 bits per heavy atom. The Labute approximate surface area is 240 Å². The molecule has 0 aliphatic heterocycles. The van der Waals surface area contributed by atoms with Gasteiger partial charge in [0.05, 0.1) is 28.1 Å². The van der Waals surface area contributed by atoms with Gasteiger partial charge in [-0.15, -0.1) is 11.6 Å². The van der Waals surface area contributed by atoms with Crippen LogP contribution in [0.3, 0.4) is 0 Å². The summed E-state index contributed by atoms with van der Waals surface area (Å²) >= 11 is 7.07. The number of primary amides is 1. The second-order valence-electron chi connectivity index (χ2n) is 11.9. The van der Waals surface area contributed by atoms with E-state index in [1.165, 1.54) is 18.2 Å². The number of alkyl halides is 1. The largest absolute Gasteiger partial charge is 0.390 e. The van der Waals surface area contributed by atoms with E-state index in [0.717, 1.165) is 39.1 Å². The van der Waals surface area contributed by atoms with Gasteiger partial charge in [-0.3, -0.25) is 9.59 Å². The van der Waals surface area contributed by atoms with Gasteiger partial charge in [-0.1, -0.05) is 18.2 Å². The minimum absolute atomic E-state index is 0.0498. The highest BCUT2D eigenvalue weighted by Crippen LogP contribution is 2.50. The molecule has 2 aliphatic rings. The summed E-state index contributed by atoms with van der Waals surface area (Å²) in [5.41, 5.74) is 9.11. The molecule has 6 rings (SSSR count). The quantitative estimate of drug-likeness (QED) is 0.272. The smallest absolute Gasteiger partial charge is 0.333 e. The molecule has 0 radical (unpaired) electrons. The van der Waals surface area contributed by atoms with Gasteiger partial charge in [0.15, 0.2) is 0 Å². The molecule has 2 aromatic carbocycles. The molecule has 1 amide bonds. The summed E-state index contributed by atoms with van der Waals surface area (Å²) in [6, 6.07) is 9.47. The highest BCUT2D eigenvalue weighted by Gasteiger charge is 2.43. The van der Waals surface area contributed by atoms with E-state index < -0.39 is 39.9 Å². The molecule has 0 spiro atoms. The molecular weight excluding hydrogens is 547 g/mol. The first-order chi connectivity index (χ1) is 19.4. The number of fused-ring (bicyclic) bond motifs is 4. The Hall–Kier alpha value is -3.69. The van der Waals surface area contributed by atoms with E-state index in [4.69, 9.17) is 17.3 Å². The van der Waals surface area contributed by atoms with Crippen LogP contribution in [-0.2, 0) is 17.6 Å². The van der Waals surface area contributed by atoms with Crippen molar-refractivity contribution >= 4 is 28.4 Å². The molecule has 0 bridgehead atoms. The number of amides is 1. The number of aliphatic hydroxyl groups is 1. The third-order valence-corrected chi connectivity index (χ3v) is 9.52. The van der Waals surface area contributed by atoms with Gasteiger partial charge >= 0.3 is 5.69 Å². The Morgan fingerprint density at radius 1 is 1.17 bits per heavy atom. The molecule has 214 valence electrons. The van der Waals surface area contributed by atoms with Crippen LogP contribution in [0.25, 0.3) is 16.6 Å². The monoisotopic (exact) mass is 578 g/mol. The van der Waals surface area contributed by atoms with Gasteiger partial charge in [0.1, 0.15) is 5.82 Å². The molecule has 4 atom stereocenters. The predicted molar refractivity (Wildman–Crippen MR) is 156 cm³/mol. The van der Waals surface area contributed by atoms with Crippen LogP contribution in [0.1, 0.15) is 72.2 Å². The third-order valence-electron chi connectivity index (χ3n) is 9.09. The van der Waals surface area contributed by atoms with E-state index in [1.807, 2.05) is 26.8 Å². The molecule has 2 heterocycles. The van der Waals surface area contributed by atoms with E-state index in [1.54, 1.807) is 12.1 Å². The van der Waals surface area contributed by atoms with Gasteiger partial charge in [-0.2, -0.15) is 0 Å². The fourth-order valence-corrected chi connectivity index (χ4v) is 7.34. The van der Waals surface area contributed by atoms with Crippen LogP contribution < -0.4 is 17.0 Å². The summed E-state index contributed by atoms with van der Waals surface area (Å²) in [5, 5.41) is 10.3. The molecule has 2 aliphatic carbocycles. The van der Waals surface area contributed by atoms with Crippen LogP contribution in [0.5, 0.6) is 0 Å². The van der Waals surface area contributed by atoms with E-state index >= 15 is 0 Å². The minimum Gasteiger partial charge on any atom is -0.390 e. The molecule has 2 aromatic heterocycles. The Bertz CT molecular complexity index is 1830. The summed E-state index contributed by atoms with van der Waals surface area (Å²) < 4.78 is 15.4. The van der Waals surface area contributed by atoms with Crippen molar-refractivity contribution in [2.75, 3.05) is 0 Å². The van der Waals surface area contributed by atoms with Gasteiger partial charge in [0.2, 0.25) is 5.91 Å². The summed E-state index contributed by atoms with van der Waals surface area (Å²) in [6.07, 6.45) is 2.44. The van der Waals surface area contributed by atoms with Gasteiger partial charge in [0, 0.05) is 22.7 Å². The number of carbonyl (C=O) groups excluding carboxylic acids is 1. The SMILES string of the molecule is Cc1c(C2c3c([nH]c4c3CC[C@H](C(C)(C)O)C4)C(C(N)=O)CC2Cl)cccc1-n1c(=O)[nH]c2c(F)cccc2c1=O. The van der Waals surface area contributed by atoms with Crippen molar-refractivity contribution in [1.29, 1.82) is 0 Å². The normalized spacial score (nSPS) is 22.4. The summed E-state index contributed by atoms with van der Waals surface area (Å²) in [4.78, 5) is 45.2. The number of aromatic nitrogens is 3. The standard InChI is InChI=1S/C31H32ClFN4O4/c1-14-16(6-5-9-23(14)37-29(39)18-7-4-8-21(33)26(18)36-30(37)40)24-20(32)13-19(28(34)38)27-25(24)17-11-10-15(31(2,3)41)12-22(17)35-27/h4-9,15,19-20,24,35,41H,10-13H2,1-3H3,(H2,34,38)(H,36,40)/t15-,19?,20?,24?/m0/s1. The molecule has 10 heteroatoms. The van der Waals surface area contributed by atoms with E-state index in [2.05, 4.69) is 9.97 Å². The van der Waals surface area contributed by atoms with Crippen LogP contribution >= 0.6 is 11.6 Å². The van der Waals surface area contributed by atoms with Crippen molar-refractivity contribution < 1.29 is 14.3 Å². The van der Waals surface area contributed by atoms with Crippen LogP contribution in [0, 0.1) is 18.7 Å². The average molecular weight is 579 g/mol. The molecule has 3 unspecified atom stereocenters. The fraction of sp³-hybridized carbons (Fsp3) is 0.387. The number of rotatable bonds is 4. The van der Waals surface area contributed by atoms with Gasteiger partial charge in [0.25, 0.3) is 5.56 Å². The maximum absolute atomic E-state index is 14.4. The molecule has 5 N–H and O–H groups in total. The molecule has 0 saturated heterocycles. The highest BCUT2D eigenvalue weighted by atomic mass is 35.5. The molecule has 0 fully saturated rings. The van der Waals surface area contributed by atoms with Gasteiger partial charge < -0.3 is 20.8 Å². The fourth-order valence-electron chi connectivity index (χ4n) is 6.90. The van der Waals surface area contributed by atoms with Crippen molar-refractivity contribution in [2.45, 2.75) is 69.3 Å². The zero-order valence-corrected chi connectivity index (χ0v) is 23.8. The number of nitrogens with zero attached hydrogens (tertiary/aromatic N) is 1. The molecule has 0 saturated carbocycles. The summed E-state index contributed by atoms with van der Waals surface area (Å²) in [5.74, 6) is -2.01. The van der Waals surface area contributed by atoms with E-state index in [-0.39, 0.29) is 22.7 Å². The summed E-state index contributed by atoms with van der Waals surface area (Å²) in [6.45, 7) is 5.46. The average Bonchev–Trinajstić information content (AvgIpc) is 3.28. The summed E-state index contributed by atoms with van der Waals surface area (Å²) in [7, 11) is 0. The molecular formula is C31H32ClFN4O4. The zero-order valence-electron chi connectivity index (χ0n) is 23.1. The first-order valence-corrected chi connectivity index (χ1v) is 14.2. The van der Waals surface area contributed by atoms with Crippen LogP contribution in [0.2, 0.25) is 0 Å². The third kappa shape index (κ3) is 4.33. The number of nitrogens with one attached hydrogen (secondary N) is 2. The number of hydrogen-bond donors (Lipinski definition) is 4. The lowest BCUT2D eigenvalue weighted by Crippen LogP contribution is -2.36. The molecule has 41 heavy (non-hydrogen) atoms. The second-order valence-corrected chi connectivity index (χ2v) is 12.5. The van der Waals surface area contributed by atoms with Crippen molar-refractivity contribution in [3.63, 3.8) is 0 Å². The lowest BCUT2D eigenvalue weighted by molar-refractivity contribution is -0.119. The zero-order chi connectivity index (χ0) is 29.4. The number of halogens is 2. The maximum Gasteiger partial charge on any atom is 0.333 e. The van der Waals surface area contributed by atoms with Crippen LogP contribution in [0.15, 0.2) is 46.0 Å². The van der Waals surface area contributed by atoms with Crippen LogP contribution in [-0.4, -0.2) is 36.5 Å². The maximum atomic E-state index is 14.4. The number of para-hydroxylation sites is 1. The van der Waals surface area contributed by atoms with Crippen molar-refractivity contribution in [3.05, 3.63) is 96.7 Å². The van der Waals surface area contributed by atoms with E-state index in [9.17, 15) is 23.9 Å². The Kier molecular flexibility index (Phi) is 6.50. The Balaban J connectivity index is 1.54. The lowest BCUT2D eigenvalue weighted by atomic mass is 9.71. The number of H-pyrrole nitrogens is 2. The second kappa shape index (κ2) is 9.70. The van der Waals surface area contributed by atoms with Gasteiger partial charge in [-0.05, 0) is 92.8 Å². The number of nitrogens with two attached hydrogens (primary N) is 1. The van der Waals surface area contributed by atoms with Crippen molar-refractivity contribution in [1.82, 2.24) is 14.5 Å². The molecule has 4 aromatic rings. The van der Waals surface area contributed by atoms with E-state index in [0.29, 0.717) is 30.5 Å². The number of aromatic amines is 2. The first kappa shape index (κ1) is 27.5. The van der Waals surface area contributed by atoms with Crippen molar-refractivity contribution in [3.8, 4) is 5.69 Å². The number of benzene rings is 2. The number of hydrogen-bond acceptors (Lipinski definition) is 4. The first-order valence-electron chi connectivity index (χ1n) is 13.8. The predicted octanol–water partition coefficient (Wildman–Crippen LogP) is 4.04. The lowest BCUT2D eigenvalue weighted by Gasteiger charge is -2.35. The number of carbonyl (C=O) groups is 1. The minimum atomic E-state index is -0.852. The van der Waals surface area contributed by atoms with Gasteiger partial charge in [-0.25, -0.2) is 13.8 Å². The topological polar surface area (TPSA) is 134 Å². The Morgan fingerprint density at radius 2 is 1.90 bits per heavy atom.